The molecule has 0 spiro atoms. The maximum atomic E-state index is 12.5. The third-order valence-electron chi connectivity index (χ3n) is 4.82. The van der Waals surface area contributed by atoms with E-state index < -0.39 is 11.9 Å². The second-order valence-electron chi connectivity index (χ2n) is 7.83. The minimum atomic E-state index is -0.528. The van der Waals surface area contributed by atoms with Crippen molar-refractivity contribution < 1.29 is 28.5 Å². The van der Waals surface area contributed by atoms with Gasteiger partial charge in [-0.3, -0.25) is 0 Å². The Morgan fingerprint density at radius 2 is 1.94 bits per heavy atom. The van der Waals surface area contributed by atoms with Crippen molar-refractivity contribution in [3.8, 4) is 11.5 Å². The van der Waals surface area contributed by atoms with Crippen molar-refractivity contribution in [2.75, 3.05) is 19.8 Å². The van der Waals surface area contributed by atoms with E-state index in [0.717, 1.165) is 19.3 Å². The topological polar surface area (TPSA) is 71.1 Å². The lowest BCUT2D eigenvalue weighted by Gasteiger charge is -2.12. The highest BCUT2D eigenvalue weighted by molar-refractivity contribution is 9.10. The van der Waals surface area contributed by atoms with Crippen molar-refractivity contribution in [2.24, 2.45) is 5.92 Å². The van der Waals surface area contributed by atoms with E-state index in [1.165, 1.54) is 6.07 Å². The van der Waals surface area contributed by atoms with Crippen LogP contribution in [0.15, 0.2) is 46.9 Å². The summed E-state index contributed by atoms with van der Waals surface area (Å²) in [6.07, 6.45) is 2.78. The zero-order valence-electron chi connectivity index (χ0n) is 17.8. The van der Waals surface area contributed by atoms with Gasteiger partial charge in [-0.2, -0.15) is 0 Å². The largest absolute Gasteiger partial charge is 0.492 e. The van der Waals surface area contributed by atoms with Crippen molar-refractivity contribution in [2.45, 2.75) is 39.2 Å². The highest BCUT2D eigenvalue weighted by Gasteiger charge is 2.19. The monoisotopic (exact) mass is 490 g/mol. The van der Waals surface area contributed by atoms with E-state index >= 15 is 0 Å². The molecule has 0 aliphatic carbocycles. The molecule has 0 radical (unpaired) electrons. The Hall–Kier alpha value is -2.38. The SMILES string of the molecule is CC(C)CCOc1ccc(C(=O)Oc2cccc(C(=O)OCC3CCCO3)c2)cc1Br. The number of ether oxygens (including phenoxy) is 4. The summed E-state index contributed by atoms with van der Waals surface area (Å²) < 4.78 is 22.6. The lowest BCUT2D eigenvalue weighted by molar-refractivity contribution is 0.0161. The zero-order valence-corrected chi connectivity index (χ0v) is 19.4. The van der Waals surface area contributed by atoms with Crippen LogP contribution in [0.5, 0.6) is 11.5 Å². The van der Waals surface area contributed by atoms with Crippen molar-refractivity contribution >= 4 is 27.9 Å². The normalized spacial score (nSPS) is 15.7. The minimum absolute atomic E-state index is 0.0410. The fourth-order valence-electron chi connectivity index (χ4n) is 3.03. The van der Waals surface area contributed by atoms with Crippen LogP contribution in [0.3, 0.4) is 0 Å². The van der Waals surface area contributed by atoms with Crippen LogP contribution >= 0.6 is 15.9 Å². The summed E-state index contributed by atoms with van der Waals surface area (Å²) in [4.78, 5) is 24.8. The van der Waals surface area contributed by atoms with E-state index in [1.54, 1.807) is 36.4 Å². The van der Waals surface area contributed by atoms with E-state index in [0.29, 0.717) is 40.5 Å². The summed E-state index contributed by atoms with van der Waals surface area (Å²) in [5.41, 5.74) is 0.688. The Labute approximate surface area is 191 Å². The second-order valence-corrected chi connectivity index (χ2v) is 8.68. The van der Waals surface area contributed by atoms with E-state index in [4.69, 9.17) is 18.9 Å². The molecule has 1 fully saturated rings. The molecule has 166 valence electrons. The Morgan fingerprint density at radius 1 is 1.13 bits per heavy atom. The molecular weight excluding hydrogens is 464 g/mol. The van der Waals surface area contributed by atoms with Gasteiger partial charge in [-0.05, 0) is 77.5 Å². The van der Waals surface area contributed by atoms with Crippen molar-refractivity contribution in [1.29, 1.82) is 0 Å². The molecule has 0 aromatic heterocycles. The molecule has 0 saturated carbocycles. The first-order valence-electron chi connectivity index (χ1n) is 10.5. The van der Waals surface area contributed by atoms with Crippen LogP contribution in [-0.2, 0) is 9.47 Å². The summed E-state index contributed by atoms with van der Waals surface area (Å²) >= 11 is 3.44. The quantitative estimate of drug-likeness (QED) is 0.344. The molecule has 0 N–H and O–H groups in total. The highest BCUT2D eigenvalue weighted by atomic mass is 79.9. The number of carbonyl (C=O) groups is 2. The average Bonchev–Trinajstić information content (AvgIpc) is 3.26. The Kier molecular flexibility index (Phi) is 8.49. The van der Waals surface area contributed by atoms with Crippen LogP contribution < -0.4 is 9.47 Å². The van der Waals surface area contributed by atoms with Crippen LogP contribution in [0.2, 0.25) is 0 Å². The molecular formula is C24H27BrO6. The van der Waals surface area contributed by atoms with Gasteiger partial charge in [-0.15, -0.1) is 0 Å². The molecule has 0 amide bonds. The third-order valence-corrected chi connectivity index (χ3v) is 5.44. The van der Waals surface area contributed by atoms with Crippen LogP contribution in [0.1, 0.15) is 53.8 Å². The van der Waals surface area contributed by atoms with E-state index in [1.807, 2.05) is 0 Å². The molecule has 0 bridgehead atoms. The van der Waals surface area contributed by atoms with Gasteiger partial charge in [-0.25, -0.2) is 9.59 Å². The number of benzene rings is 2. The molecule has 1 heterocycles. The average molecular weight is 491 g/mol. The van der Waals surface area contributed by atoms with Gasteiger partial charge in [-0.1, -0.05) is 19.9 Å². The number of carbonyl (C=O) groups excluding carboxylic acids is 2. The van der Waals surface area contributed by atoms with Crippen molar-refractivity contribution in [3.05, 3.63) is 58.1 Å². The third kappa shape index (κ3) is 7.08. The first-order valence-corrected chi connectivity index (χ1v) is 11.2. The molecule has 1 atom stereocenters. The molecule has 2 aromatic rings. The summed E-state index contributed by atoms with van der Waals surface area (Å²) in [5.74, 6) is 0.494. The van der Waals surface area contributed by atoms with Gasteiger partial charge in [0.25, 0.3) is 0 Å². The summed E-state index contributed by atoms with van der Waals surface area (Å²) in [6, 6.07) is 11.4. The van der Waals surface area contributed by atoms with Gasteiger partial charge in [0, 0.05) is 6.61 Å². The van der Waals surface area contributed by atoms with Crippen LogP contribution in [0, 0.1) is 5.92 Å². The molecule has 2 aromatic carbocycles. The second kappa shape index (κ2) is 11.3. The number of halogens is 1. The number of hydrogen-bond acceptors (Lipinski definition) is 6. The maximum Gasteiger partial charge on any atom is 0.343 e. The maximum absolute atomic E-state index is 12.5. The molecule has 1 aliphatic rings. The number of rotatable bonds is 9. The lowest BCUT2D eigenvalue weighted by Crippen LogP contribution is -2.18. The smallest absolute Gasteiger partial charge is 0.343 e. The first-order chi connectivity index (χ1) is 14.9. The molecule has 1 aliphatic heterocycles. The van der Waals surface area contributed by atoms with Gasteiger partial charge in [0.05, 0.1) is 28.3 Å². The van der Waals surface area contributed by atoms with Gasteiger partial charge in [0.2, 0.25) is 0 Å². The summed E-state index contributed by atoms with van der Waals surface area (Å²) in [6.45, 7) is 5.81. The molecule has 1 saturated heterocycles. The Morgan fingerprint density at radius 3 is 2.65 bits per heavy atom. The van der Waals surface area contributed by atoms with E-state index in [-0.39, 0.29) is 18.5 Å². The van der Waals surface area contributed by atoms with Gasteiger partial charge >= 0.3 is 11.9 Å². The lowest BCUT2D eigenvalue weighted by atomic mass is 10.1. The molecule has 1 unspecified atom stereocenters. The Balaban J connectivity index is 1.57. The van der Waals surface area contributed by atoms with Crippen molar-refractivity contribution in [1.82, 2.24) is 0 Å². The van der Waals surface area contributed by atoms with Crippen LogP contribution in [0.4, 0.5) is 0 Å². The molecule has 7 heteroatoms. The molecule has 31 heavy (non-hydrogen) atoms. The predicted octanol–water partition coefficient (Wildman–Crippen LogP) is 5.43. The van der Waals surface area contributed by atoms with Gasteiger partial charge < -0.3 is 18.9 Å². The molecule has 6 nitrogen and oxygen atoms in total. The summed E-state index contributed by atoms with van der Waals surface area (Å²) in [7, 11) is 0. The van der Waals surface area contributed by atoms with Gasteiger partial charge in [0.15, 0.2) is 0 Å². The number of hydrogen-bond donors (Lipinski definition) is 0. The fraction of sp³-hybridized carbons (Fsp3) is 0.417. The van der Waals surface area contributed by atoms with Crippen molar-refractivity contribution in [3.63, 3.8) is 0 Å². The predicted molar refractivity (Wildman–Crippen MR) is 120 cm³/mol. The summed E-state index contributed by atoms with van der Waals surface area (Å²) in [5, 5.41) is 0. The molecule has 3 rings (SSSR count). The van der Waals surface area contributed by atoms with Crippen LogP contribution in [-0.4, -0.2) is 37.9 Å². The minimum Gasteiger partial charge on any atom is -0.492 e. The first kappa shape index (κ1) is 23.3. The zero-order chi connectivity index (χ0) is 22.2. The highest BCUT2D eigenvalue weighted by Crippen LogP contribution is 2.27. The van der Waals surface area contributed by atoms with Crippen LogP contribution in [0.25, 0.3) is 0 Å². The van der Waals surface area contributed by atoms with E-state index in [2.05, 4.69) is 29.8 Å². The van der Waals surface area contributed by atoms with E-state index in [9.17, 15) is 9.59 Å². The number of esters is 2. The Bertz CT molecular complexity index is 905. The fourth-order valence-corrected chi connectivity index (χ4v) is 3.52. The standard InChI is InChI=1S/C24H27BrO6/c1-16(2)10-12-29-22-9-8-18(14-21(22)25)24(27)31-19-6-3-5-17(13-19)23(26)30-15-20-7-4-11-28-20/h3,5-6,8-9,13-14,16,20H,4,7,10-12,15H2,1-2H3. The van der Waals surface area contributed by atoms with Gasteiger partial charge in [0.1, 0.15) is 18.1 Å².